The van der Waals surface area contributed by atoms with E-state index in [1.807, 2.05) is 23.1 Å². The molecule has 2 aliphatic heterocycles. The lowest BCUT2D eigenvalue weighted by Gasteiger charge is -2.35. The van der Waals surface area contributed by atoms with Crippen molar-refractivity contribution < 1.29 is 23.9 Å². The smallest absolute Gasteiger partial charge is 0.237 e. The Morgan fingerprint density at radius 2 is 2.03 bits per heavy atom. The highest BCUT2D eigenvalue weighted by Gasteiger charge is 2.32. The van der Waals surface area contributed by atoms with Gasteiger partial charge in [-0.05, 0) is 18.9 Å². The lowest BCUT2D eigenvalue weighted by Crippen LogP contribution is -2.56. The van der Waals surface area contributed by atoms with E-state index in [4.69, 9.17) is 9.47 Å². The van der Waals surface area contributed by atoms with Gasteiger partial charge in [0.25, 0.3) is 0 Å². The second-order valence-electron chi connectivity index (χ2n) is 7.85. The van der Waals surface area contributed by atoms with Crippen molar-refractivity contribution in [3.63, 3.8) is 0 Å². The van der Waals surface area contributed by atoms with Crippen LogP contribution < -0.4 is 20.1 Å². The minimum Gasteiger partial charge on any atom is -0.497 e. The third kappa shape index (κ3) is 6.10. The summed E-state index contributed by atoms with van der Waals surface area (Å²) in [6, 6.07) is 5.02. The molecule has 0 aliphatic carbocycles. The zero-order chi connectivity index (χ0) is 22.2. The number of piperidine rings is 1. The molecule has 0 unspecified atom stereocenters. The maximum Gasteiger partial charge on any atom is 0.237 e. The molecule has 0 radical (unpaired) electrons. The number of carbonyl (C=O) groups is 3. The summed E-state index contributed by atoms with van der Waals surface area (Å²) in [7, 11) is 3.19. The highest BCUT2D eigenvalue weighted by atomic mass is 16.5. The third-order valence-electron chi connectivity index (χ3n) is 5.81. The summed E-state index contributed by atoms with van der Waals surface area (Å²) in [4.78, 5) is 40.7. The van der Waals surface area contributed by atoms with Gasteiger partial charge in [-0.3, -0.25) is 19.3 Å². The minimum atomic E-state index is -0.558. The van der Waals surface area contributed by atoms with E-state index in [2.05, 4.69) is 10.6 Å². The van der Waals surface area contributed by atoms with Crippen molar-refractivity contribution in [2.45, 2.75) is 38.3 Å². The summed E-state index contributed by atoms with van der Waals surface area (Å²) < 4.78 is 10.7. The molecular weight excluding hydrogens is 400 g/mol. The molecule has 1 atom stereocenters. The predicted octanol–water partition coefficient (Wildman–Crippen LogP) is 0.523. The number of methoxy groups -OCH3 is 2. The predicted molar refractivity (Wildman–Crippen MR) is 115 cm³/mol. The van der Waals surface area contributed by atoms with Crippen LogP contribution in [0.15, 0.2) is 18.2 Å². The van der Waals surface area contributed by atoms with Crippen molar-refractivity contribution in [2.24, 2.45) is 0 Å². The Kier molecular flexibility index (Phi) is 8.11. The van der Waals surface area contributed by atoms with E-state index in [1.54, 1.807) is 19.1 Å². The maximum absolute atomic E-state index is 12.5. The van der Waals surface area contributed by atoms with Crippen LogP contribution in [0.5, 0.6) is 11.5 Å². The Balaban J connectivity index is 1.57. The number of hydrogen-bond donors (Lipinski definition) is 2. The Labute approximate surface area is 183 Å². The van der Waals surface area contributed by atoms with Gasteiger partial charge >= 0.3 is 0 Å². The number of likely N-dealkylation sites (tertiary alicyclic amines) is 1. The highest BCUT2D eigenvalue weighted by Crippen LogP contribution is 2.27. The van der Waals surface area contributed by atoms with Crippen LogP contribution in [0.2, 0.25) is 0 Å². The standard InChI is InChI=1S/C22H32N4O5/c1-30-17-7-6-16(19(13-17)31-2)15-26-12-9-24-22(29)18(26)14-20(27)23-8-11-25-10-4-3-5-21(25)28/h6-7,13,18H,3-5,8-12,14-15H2,1-2H3,(H,23,27)(H,24,29)/t18-/m1/s1. The maximum atomic E-state index is 12.5. The van der Waals surface area contributed by atoms with Crippen LogP contribution in [0.25, 0.3) is 0 Å². The molecule has 0 aromatic heterocycles. The van der Waals surface area contributed by atoms with Crippen molar-refractivity contribution in [1.29, 1.82) is 0 Å². The van der Waals surface area contributed by atoms with Crippen LogP contribution in [0.3, 0.4) is 0 Å². The average Bonchev–Trinajstić information content (AvgIpc) is 2.77. The van der Waals surface area contributed by atoms with Gasteiger partial charge < -0.3 is 25.0 Å². The van der Waals surface area contributed by atoms with Gasteiger partial charge in [0.1, 0.15) is 11.5 Å². The van der Waals surface area contributed by atoms with Gasteiger partial charge in [-0.25, -0.2) is 0 Å². The van der Waals surface area contributed by atoms with Crippen LogP contribution in [0.4, 0.5) is 0 Å². The third-order valence-corrected chi connectivity index (χ3v) is 5.81. The largest absolute Gasteiger partial charge is 0.497 e. The van der Waals surface area contributed by atoms with Crippen molar-refractivity contribution >= 4 is 17.7 Å². The van der Waals surface area contributed by atoms with E-state index < -0.39 is 6.04 Å². The van der Waals surface area contributed by atoms with E-state index in [9.17, 15) is 14.4 Å². The molecule has 2 heterocycles. The van der Waals surface area contributed by atoms with E-state index in [0.717, 1.165) is 24.9 Å². The van der Waals surface area contributed by atoms with Gasteiger partial charge in [-0.1, -0.05) is 6.07 Å². The number of rotatable bonds is 9. The highest BCUT2D eigenvalue weighted by molar-refractivity contribution is 5.88. The fourth-order valence-electron chi connectivity index (χ4n) is 4.05. The molecule has 9 heteroatoms. The van der Waals surface area contributed by atoms with Gasteiger partial charge in [-0.15, -0.1) is 0 Å². The SMILES string of the molecule is COc1ccc(CN2CCNC(=O)[C@H]2CC(=O)NCCN2CCCCC2=O)c(OC)c1. The molecule has 170 valence electrons. The van der Waals surface area contributed by atoms with Crippen LogP contribution in [-0.2, 0) is 20.9 Å². The van der Waals surface area contributed by atoms with Crippen molar-refractivity contribution in [1.82, 2.24) is 20.4 Å². The summed E-state index contributed by atoms with van der Waals surface area (Å²) in [5, 5.41) is 5.71. The first-order valence-electron chi connectivity index (χ1n) is 10.8. The number of hydrogen-bond acceptors (Lipinski definition) is 6. The molecule has 1 aromatic rings. The molecular formula is C22H32N4O5. The lowest BCUT2D eigenvalue weighted by atomic mass is 10.1. The molecule has 3 amide bonds. The van der Waals surface area contributed by atoms with Gasteiger partial charge in [0.15, 0.2) is 0 Å². The number of carbonyl (C=O) groups excluding carboxylic acids is 3. The topological polar surface area (TPSA) is 100 Å². The van der Waals surface area contributed by atoms with Gasteiger partial charge in [-0.2, -0.15) is 0 Å². The second-order valence-corrected chi connectivity index (χ2v) is 7.85. The summed E-state index contributed by atoms with van der Waals surface area (Å²) in [5.41, 5.74) is 0.923. The number of nitrogens with zero attached hydrogens (tertiary/aromatic N) is 2. The van der Waals surface area contributed by atoms with E-state index in [-0.39, 0.29) is 24.1 Å². The molecule has 1 aromatic carbocycles. The van der Waals surface area contributed by atoms with Crippen LogP contribution in [0, 0.1) is 0 Å². The Morgan fingerprint density at radius 3 is 2.77 bits per heavy atom. The molecule has 0 saturated carbocycles. The molecule has 2 saturated heterocycles. The fourth-order valence-corrected chi connectivity index (χ4v) is 4.05. The Hall–Kier alpha value is -2.81. The van der Waals surface area contributed by atoms with Crippen LogP contribution >= 0.6 is 0 Å². The van der Waals surface area contributed by atoms with Gasteiger partial charge in [0.05, 0.1) is 26.7 Å². The number of nitrogens with one attached hydrogen (secondary N) is 2. The van der Waals surface area contributed by atoms with E-state index in [0.29, 0.717) is 50.6 Å². The molecule has 2 N–H and O–H groups in total. The molecule has 0 spiro atoms. The molecule has 31 heavy (non-hydrogen) atoms. The molecule has 2 fully saturated rings. The van der Waals surface area contributed by atoms with Crippen molar-refractivity contribution in [2.75, 3.05) is 46.9 Å². The van der Waals surface area contributed by atoms with Gasteiger partial charge in [0, 0.05) is 57.3 Å². The molecule has 0 bridgehead atoms. The molecule has 9 nitrogen and oxygen atoms in total. The first-order chi connectivity index (χ1) is 15.0. The number of benzene rings is 1. The Bertz CT molecular complexity index is 800. The van der Waals surface area contributed by atoms with Crippen molar-refractivity contribution in [3.05, 3.63) is 23.8 Å². The number of ether oxygens (including phenoxy) is 2. The summed E-state index contributed by atoms with van der Waals surface area (Å²) in [6.07, 6.45) is 2.59. The number of piperazine rings is 1. The summed E-state index contributed by atoms with van der Waals surface area (Å²) in [6.45, 7) is 3.31. The summed E-state index contributed by atoms with van der Waals surface area (Å²) in [5.74, 6) is 1.17. The zero-order valence-corrected chi connectivity index (χ0v) is 18.3. The second kappa shape index (κ2) is 11.0. The fraction of sp³-hybridized carbons (Fsp3) is 0.591. The first kappa shape index (κ1) is 22.9. The quantitative estimate of drug-likeness (QED) is 0.590. The van der Waals surface area contributed by atoms with Crippen molar-refractivity contribution in [3.8, 4) is 11.5 Å². The first-order valence-corrected chi connectivity index (χ1v) is 10.8. The zero-order valence-electron chi connectivity index (χ0n) is 18.3. The number of amides is 3. The van der Waals surface area contributed by atoms with Gasteiger partial charge in [0.2, 0.25) is 17.7 Å². The summed E-state index contributed by atoms with van der Waals surface area (Å²) >= 11 is 0. The molecule has 3 rings (SSSR count). The van der Waals surface area contributed by atoms with Crippen LogP contribution in [-0.4, -0.2) is 80.5 Å². The minimum absolute atomic E-state index is 0.0677. The average molecular weight is 433 g/mol. The normalized spacial score (nSPS) is 19.7. The Morgan fingerprint density at radius 1 is 1.19 bits per heavy atom. The van der Waals surface area contributed by atoms with Crippen LogP contribution in [0.1, 0.15) is 31.2 Å². The molecule has 2 aliphatic rings. The monoisotopic (exact) mass is 432 g/mol. The lowest BCUT2D eigenvalue weighted by molar-refractivity contribution is -0.134. The van der Waals surface area contributed by atoms with E-state index in [1.165, 1.54) is 0 Å². The van der Waals surface area contributed by atoms with E-state index >= 15 is 0 Å².